The Labute approximate surface area is 88.7 Å². The van der Waals surface area contributed by atoms with Crippen molar-refractivity contribution < 1.29 is 9.26 Å². The average Bonchev–Trinajstić information content (AvgIpc) is 2.64. The van der Waals surface area contributed by atoms with Crippen molar-refractivity contribution in [2.45, 2.75) is 13.8 Å². The maximum atomic E-state index is 5.16. The lowest BCUT2D eigenvalue weighted by Crippen LogP contribution is -1.87. The van der Waals surface area contributed by atoms with E-state index in [0.717, 1.165) is 28.2 Å². The molecule has 0 radical (unpaired) electrons. The fourth-order valence-electron chi connectivity index (χ4n) is 1.62. The van der Waals surface area contributed by atoms with Crippen molar-refractivity contribution in [1.29, 1.82) is 0 Å². The highest BCUT2D eigenvalue weighted by atomic mass is 16.5. The summed E-state index contributed by atoms with van der Waals surface area (Å²) in [7, 11) is 1.67. The monoisotopic (exact) mass is 203 g/mol. The number of nitrogens with zero attached hydrogens (tertiary/aromatic N) is 1. The minimum absolute atomic E-state index is 0.836. The van der Waals surface area contributed by atoms with E-state index in [4.69, 9.17) is 9.26 Å². The molecule has 78 valence electrons. The molecule has 0 saturated carbocycles. The lowest BCUT2D eigenvalue weighted by Gasteiger charge is -2.06. The Morgan fingerprint density at radius 1 is 1.20 bits per heavy atom. The molecular weight excluding hydrogens is 190 g/mol. The highest BCUT2D eigenvalue weighted by molar-refractivity contribution is 5.68. The number of aryl methyl sites for hydroxylation is 2. The van der Waals surface area contributed by atoms with Crippen LogP contribution in [0.4, 0.5) is 0 Å². The normalized spacial score (nSPS) is 10.3. The summed E-state index contributed by atoms with van der Waals surface area (Å²) in [4.78, 5) is 0. The lowest BCUT2D eigenvalue weighted by atomic mass is 10.0. The smallest absolute Gasteiger partial charge is 0.141 e. The van der Waals surface area contributed by atoms with E-state index in [-0.39, 0.29) is 0 Å². The maximum Gasteiger partial charge on any atom is 0.141 e. The first kappa shape index (κ1) is 9.77. The quantitative estimate of drug-likeness (QED) is 0.752. The summed E-state index contributed by atoms with van der Waals surface area (Å²) in [6.07, 6.45) is 1.74. The molecule has 3 heteroatoms. The minimum Gasteiger partial charge on any atom is -0.497 e. The van der Waals surface area contributed by atoms with Crippen LogP contribution in [0.1, 0.15) is 11.3 Å². The van der Waals surface area contributed by atoms with Gasteiger partial charge in [0.25, 0.3) is 0 Å². The zero-order chi connectivity index (χ0) is 10.8. The molecule has 1 heterocycles. The lowest BCUT2D eigenvalue weighted by molar-refractivity contribution is 0.398. The summed E-state index contributed by atoms with van der Waals surface area (Å²) in [5, 5.41) is 3.78. The van der Waals surface area contributed by atoms with Crippen LogP contribution in [0.5, 0.6) is 5.75 Å². The Balaban J connectivity index is 2.50. The van der Waals surface area contributed by atoms with Gasteiger partial charge in [0, 0.05) is 5.56 Å². The minimum atomic E-state index is 0.836. The van der Waals surface area contributed by atoms with E-state index in [1.54, 1.807) is 13.3 Å². The van der Waals surface area contributed by atoms with Gasteiger partial charge in [-0.25, -0.2) is 0 Å². The van der Waals surface area contributed by atoms with Crippen molar-refractivity contribution in [2.75, 3.05) is 7.11 Å². The molecule has 0 aliphatic rings. The molecule has 0 amide bonds. The van der Waals surface area contributed by atoms with E-state index >= 15 is 0 Å². The van der Waals surface area contributed by atoms with E-state index in [2.05, 4.69) is 5.16 Å². The first-order chi connectivity index (χ1) is 7.22. The van der Waals surface area contributed by atoms with Crippen molar-refractivity contribution in [3.8, 4) is 16.9 Å². The highest BCUT2D eigenvalue weighted by Crippen LogP contribution is 2.28. The maximum absolute atomic E-state index is 5.16. The second kappa shape index (κ2) is 3.77. The molecule has 0 saturated heterocycles. The number of benzene rings is 1. The third-order valence-electron chi connectivity index (χ3n) is 2.47. The molecule has 2 aromatic rings. The molecule has 0 unspecified atom stereocenters. The summed E-state index contributed by atoms with van der Waals surface area (Å²) in [6, 6.07) is 5.96. The molecule has 3 nitrogen and oxygen atoms in total. The van der Waals surface area contributed by atoms with Crippen molar-refractivity contribution >= 4 is 0 Å². The number of aromatic nitrogens is 1. The standard InChI is InChI=1S/C12H13NO2/c1-8-6-10(14-3)4-5-11(8)12-7-13-15-9(12)2/h4-7H,1-3H3. The third-order valence-corrected chi connectivity index (χ3v) is 2.47. The zero-order valence-electron chi connectivity index (χ0n) is 9.07. The van der Waals surface area contributed by atoms with Gasteiger partial charge in [-0.15, -0.1) is 0 Å². The summed E-state index contributed by atoms with van der Waals surface area (Å²) in [6.45, 7) is 3.95. The topological polar surface area (TPSA) is 35.3 Å². The Kier molecular flexibility index (Phi) is 2.46. The van der Waals surface area contributed by atoms with Gasteiger partial charge in [-0.05, 0) is 37.1 Å². The summed E-state index contributed by atoms with van der Waals surface area (Å²) in [5.41, 5.74) is 3.32. The molecular formula is C12H13NO2. The van der Waals surface area contributed by atoms with Gasteiger partial charge in [0.05, 0.1) is 13.3 Å². The van der Waals surface area contributed by atoms with Gasteiger partial charge in [0.1, 0.15) is 11.5 Å². The highest BCUT2D eigenvalue weighted by Gasteiger charge is 2.09. The van der Waals surface area contributed by atoms with Crippen LogP contribution in [0.2, 0.25) is 0 Å². The molecule has 0 N–H and O–H groups in total. The number of hydrogen-bond acceptors (Lipinski definition) is 3. The Hall–Kier alpha value is -1.77. The van der Waals surface area contributed by atoms with Gasteiger partial charge in [0.15, 0.2) is 0 Å². The summed E-state index contributed by atoms with van der Waals surface area (Å²) < 4.78 is 10.2. The second-order valence-corrected chi connectivity index (χ2v) is 3.48. The fourth-order valence-corrected chi connectivity index (χ4v) is 1.62. The number of rotatable bonds is 2. The van der Waals surface area contributed by atoms with Gasteiger partial charge in [0.2, 0.25) is 0 Å². The van der Waals surface area contributed by atoms with Crippen molar-refractivity contribution in [1.82, 2.24) is 5.16 Å². The average molecular weight is 203 g/mol. The van der Waals surface area contributed by atoms with Crippen LogP contribution in [-0.4, -0.2) is 12.3 Å². The molecule has 2 rings (SSSR count). The van der Waals surface area contributed by atoms with Gasteiger partial charge in [-0.1, -0.05) is 11.2 Å². The molecule has 1 aromatic heterocycles. The number of methoxy groups -OCH3 is 1. The van der Waals surface area contributed by atoms with Crippen molar-refractivity contribution in [3.05, 3.63) is 35.7 Å². The van der Waals surface area contributed by atoms with Gasteiger partial charge in [-0.3, -0.25) is 0 Å². The number of ether oxygens (including phenoxy) is 1. The molecule has 0 aliphatic heterocycles. The summed E-state index contributed by atoms with van der Waals surface area (Å²) in [5.74, 6) is 1.70. The van der Waals surface area contributed by atoms with Crippen LogP contribution in [0.15, 0.2) is 28.9 Å². The van der Waals surface area contributed by atoms with Gasteiger partial charge < -0.3 is 9.26 Å². The Morgan fingerprint density at radius 2 is 2.00 bits per heavy atom. The van der Waals surface area contributed by atoms with Crippen molar-refractivity contribution in [3.63, 3.8) is 0 Å². The molecule has 0 bridgehead atoms. The van der Waals surface area contributed by atoms with Gasteiger partial charge >= 0.3 is 0 Å². The van der Waals surface area contributed by atoms with Crippen LogP contribution in [0.3, 0.4) is 0 Å². The van der Waals surface area contributed by atoms with Crippen LogP contribution in [-0.2, 0) is 0 Å². The zero-order valence-corrected chi connectivity index (χ0v) is 9.07. The molecule has 0 spiro atoms. The SMILES string of the molecule is COc1ccc(-c2cnoc2C)c(C)c1. The van der Waals surface area contributed by atoms with E-state index in [1.807, 2.05) is 32.0 Å². The second-order valence-electron chi connectivity index (χ2n) is 3.48. The first-order valence-electron chi connectivity index (χ1n) is 4.78. The Morgan fingerprint density at radius 3 is 2.53 bits per heavy atom. The van der Waals surface area contributed by atoms with Crippen LogP contribution in [0, 0.1) is 13.8 Å². The largest absolute Gasteiger partial charge is 0.497 e. The molecule has 15 heavy (non-hydrogen) atoms. The van der Waals surface area contributed by atoms with E-state index in [1.165, 1.54) is 0 Å². The fraction of sp³-hybridized carbons (Fsp3) is 0.250. The van der Waals surface area contributed by atoms with Gasteiger partial charge in [-0.2, -0.15) is 0 Å². The van der Waals surface area contributed by atoms with E-state index in [0.29, 0.717) is 0 Å². The van der Waals surface area contributed by atoms with E-state index in [9.17, 15) is 0 Å². The molecule has 0 atom stereocenters. The van der Waals surface area contributed by atoms with Crippen LogP contribution < -0.4 is 4.74 Å². The number of hydrogen-bond donors (Lipinski definition) is 0. The van der Waals surface area contributed by atoms with Crippen LogP contribution in [0.25, 0.3) is 11.1 Å². The Bertz CT molecular complexity index is 474. The predicted molar refractivity (Wildman–Crippen MR) is 58.0 cm³/mol. The van der Waals surface area contributed by atoms with Crippen LogP contribution >= 0.6 is 0 Å². The predicted octanol–water partition coefficient (Wildman–Crippen LogP) is 2.97. The van der Waals surface area contributed by atoms with E-state index < -0.39 is 0 Å². The third kappa shape index (κ3) is 1.73. The van der Waals surface area contributed by atoms with Crippen molar-refractivity contribution in [2.24, 2.45) is 0 Å². The molecule has 0 fully saturated rings. The summed E-state index contributed by atoms with van der Waals surface area (Å²) >= 11 is 0. The molecule has 1 aromatic carbocycles. The molecule has 0 aliphatic carbocycles. The first-order valence-corrected chi connectivity index (χ1v) is 4.78.